The molecular formula is C43H49N5O12S. The van der Waals surface area contributed by atoms with Crippen molar-refractivity contribution < 1.29 is 56.3 Å². The lowest BCUT2D eigenvalue weighted by atomic mass is 9.87. The van der Waals surface area contributed by atoms with Crippen LogP contribution < -0.4 is 18.5 Å². The summed E-state index contributed by atoms with van der Waals surface area (Å²) in [7, 11) is -3.26. The van der Waals surface area contributed by atoms with Gasteiger partial charge in [0.15, 0.2) is 29.9 Å². The normalized spacial score (nSPS) is 11.4. The van der Waals surface area contributed by atoms with Gasteiger partial charge in [-0.2, -0.15) is 4.98 Å². The van der Waals surface area contributed by atoms with Crippen LogP contribution in [0.3, 0.4) is 0 Å². The van der Waals surface area contributed by atoms with Crippen molar-refractivity contribution in [2.75, 3.05) is 57.8 Å². The Labute approximate surface area is 354 Å². The van der Waals surface area contributed by atoms with Gasteiger partial charge in [0, 0.05) is 12.4 Å². The van der Waals surface area contributed by atoms with E-state index < -0.39 is 34.7 Å². The molecule has 5 aromatic rings. The van der Waals surface area contributed by atoms with Crippen molar-refractivity contribution in [1.29, 1.82) is 0 Å². The molecule has 0 aliphatic heterocycles. The van der Waals surface area contributed by atoms with Crippen molar-refractivity contribution in [3.05, 3.63) is 108 Å². The molecule has 2 heterocycles. The van der Waals surface area contributed by atoms with Crippen LogP contribution in [0.5, 0.6) is 23.1 Å². The van der Waals surface area contributed by atoms with E-state index in [1.54, 1.807) is 42.5 Å². The van der Waals surface area contributed by atoms with Gasteiger partial charge in [-0.15, -0.1) is 0 Å². The molecule has 0 bridgehead atoms. The van der Waals surface area contributed by atoms with E-state index in [0.717, 1.165) is 23.1 Å². The van der Waals surface area contributed by atoms with E-state index in [9.17, 15) is 18.0 Å². The number of esters is 1. The maximum atomic E-state index is 14.8. The minimum absolute atomic E-state index is 0.0201. The van der Waals surface area contributed by atoms with Crippen molar-refractivity contribution in [1.82, 2.24) is 19.9 Å². The number of sulfonamides is 1. The molecule has 0 atom stereocenters. The predicted octanol–water partition coefficient (Wildman–Crippen LogP) is 6.07. The Balaban J connectivity index is 1.59. The zero-order valence-corrected chi connectivity index (χ0v) is 35.4. The first kappa shape index (κ1) is 45.7. The van der Waals surface area contributed by atoms with Gasteiger partial charge in [0.05, 0.1) is 38.2 Å². The number of ether oxygens (including phenoxy) is 7. The van der Waals surface area contributed by atoms with Gasteiger partial charge in [-0.1, -0.05) is 76.2 Å². The standard InChI is InChI=1S/C43H49N5O12S/c1-6-30-11-9-12-31(27-30)28-36(50)56-25-26-57-41-37(60-35-14-8-7-13-34(35)54-5)40(46-39(47-41)38-44-19-10-20-45-38)48(29-59-42(51)58-24-23-55-22-21-49)61(52,53)33-17-15-32(16-18-33)43(2,3)4/h7-20,27,49H,6,21-26,28-29H2,1-5H3. The number of nitrogens with zero attached hydrogens (tertiary/aromatic N) is 5. The van der Waals surface area contributed by atoms with Gasteiger partial charge in [-0.25, -0.2) is 32.5 Å². The summed E-state index contributed by atoms with van der Waals surface area (Å²) in [5, 5.41) is 8.97. The molecule has 0 radical (unpaired) electrons. The Morgan fingerprint density at radius 3 is 2.16 bits per heavy atom. The lowest BCUT2D eigenvalue weighted by Crippen LogP contribution is -2.36. The van der Waals surface area contributed by atoms with E-state index in [-0.39, 0.29) is 91.1 Å². The van der Waals surface area contributed by atoms with Crippen LogP contribution >= 0.6 is 0 Å². The number of carbonyl (C=O) groups is 2. The third-order valence-corrected chi connectivity index (χ3v) is 10.5. The molecule has 0 unspecified atom stereocenters. The molecule has 0 spiro atoms. The van der Waals surface area contributed by atoms with Crippen molar-refractivity contribution in [3.8, 4) is 34.8 Å². The molecule has 17 nitrogen and oxygen atoms in total. The molecule has 0 saturated heterocycles. The Hall–Kier alpha value is -6.37. The summed E-state index contributed by atoms with van der Waals surface area (Å²) in [5.74, 6) is -1.46. The zero-order chi connectivity index (χ0) is 43.8. The first-order chi connectivity index (χ1) is 29.3. The van der Waals surface area contributed by atoms with Crippen LogP contribution in [-0.2, 0) is 52.0 Å². The van der Waals surface area contributed by atoms with Gasteiger partial charge < -0.3 is 38.3 Å². The topological polar surface area (TPSA) is 208 Å². The minimum Gasteiger partial charge on any atom is -0.493 e. The summed E-state index contributed by atoms with van der Waals surface area (Å²) in [5.41, 5.74) is 2.43. The van der Waals surface area contributed by atoms with Crippen LogP contribution in [0.2, 0.25) is 0 Å². The number of rotatable bonds is 21. The molecule has 18 heteroatoms. The number of aryl methyl sites for hydroxylation is 1. The Kier molecular flexibility index (Phi) is 16.3. The summed E-state index contributed by atoms with van der Waals surface area (Å²) in [6.45, 7) is 6.00. The molecular weight excluding hydrogens is 811 g/mol. The van der Waals surface area contributed by atoms with E-state index in [1.165, 1.54) is 31.6 Å². The Bertz CT molecular complexity index is 2330. The zero-order valence-electron chi connectivity index (χ0n) is 34.6. The van der Waals surface area contributed by atoms with E-state index >= 15 is 0 Å². The fraction of sp³-hybridized carbons (Fsp3) is 0.349. The molecule has 0 fully saturated rings. The molecule has 324 valence electrons. The van der Waals surface area contributed by atoms with Crippen molar-refractivity contribution in [2.24, 2.45) is 0 Å². The molecule has 2 aromatic heterocycles. The molecule has 3 aromatic carbocycles. The van der Waals surface area contributed by atoms with Gasteiger partial charge in [0.25, 0.3) is 15.9 Å². The number of anilines is 1. The summed E-state index contributed by atoms with van der Waals surface area (Å²) in [6, 6.07) is 21.9. The fourth-order valence-corrected chi connectivity index (χ4v) is 6.85. The number of benzene rings is 3. The highest BCUT2D eigenvalue weighted by Crippen LogP contribution is 2.43. The van der Waals surface area contributed by atoms with Crippen molar-refractivity contribution >= 4 is 28.0 Å². The molecule has 0 aliphatic rings. The molecule has 0 aliphatic carbocycles. The maximum absolute atomic E-state index is 14.8. The quantitative estimate of drug-likeness (QED) is 0.0504. The molecule has 0 saturated carbocycles. The summed E-state index contributed by atoms with van der Waals surface area (Å²) < 4.78 is 69.5. The smallest absolute Gasteiger partial charge is 0.493 e. The Morgan fingerprint density at radius 1 is 0.770 bits per heavy atom. The van der Waals surface area contributed by atoms with E-state index in [0.29, 0.717) is 4.31 Å². The first-order valence-corrected chi connectivity index (χ1v) is 20.8. The highest BCUT2D eigenvalue weighted by Gasteiger charge is 2.35. The lowest BCUT2D eigenvalue weighted by molar-refractivity contribution is -0.143. The average molecular weight is 860 g/mol. The van der Waals surface area contributed by atoms with Crippen molar-refractivity contribution in [3.63, 3.8) is 0 Å². The number of para-hydroxylation sites is 2. The van der Waals surface area contributed by atoms with Crippen LogP contribution in [0.1, 0.15) is 44.4 Å². The highest BCUT2D eigenvalue weighted by atomic mass is 32.2. The maximum Gasteiger partial charge on any atom is 0.510 e. The molecule has 1 N–H and O–H groups in total. The number of carbonyl (C=O) groups excluding carboxylic acids is 2. The first-order valence-electron chi connectivity index (χ1n) is 19.3. The van der Waals surface area contributed by atoms with Crippen LogP contribution in [-0.4, -0.2) is 99.1 Å². The summed E-state index contributed by atoms with van der Waals surface area (Å²) in [4.78, 5) is 43.2. The van der Waals surface area contributed by atoms with Crippen LogP contribution in [0.15, 0.2) is 96.2 Å². The second-order valence-electron chi connectivity index (χ2n) is 14.1. The fourth-order valence-electron chi connectivity index (χ4n) is 5.58. The summed E-state index contributed by atoms with van der Waals surface area (Å²) >= 11 is 0. The molecule has 61 heavy (non-hydrogen) atoms. The number of aromatic nitrogens is 4. The lowest BCUT2D eigenvalue weighted by Gasteiger charge is -2.26. The Morgan fingerprint density at radius 2 is 1.48 bits per heavy atom. The predicted molar refractivity (Wildman–Crippen MR) is 222 cm³/mol. The average Bonchev–Trinajstić information content (AvgIpc) is 3.26. The van der Waals surface area contributed by atoms with Gasteiger partial charge >= 0.3 is 12.1 Å². The third kappa shape index (κ3) is 12.8. The number of aliphatic hydroxyl groups excluding tert-OH is 1. The number of hydrogen-bond donors (Lipinski definition) is 1. The third-order valence-electron chi connectivity index (χ3n) is 8.72. The molecule has 0 amide bonds. The second kappa shape index (κ2) is 21.8. The van der Waals surface area contributed by atoms with Crippen LogP contribution in [0.4, 0.5) is 10.6 Å². The number of hydrogen-bond acceptors (Lipinski definition) is 16. The van der Waals surface area contributed by atoms with Gasteiger partial charge in [0.2, 0.25) is 11.6 Å². The second-order valence-corrected chi connectivity index (χ2v) is 15.9. The number of methoxy groups -OCH3 is 1. The number of aliphatic hydroxyl groups is 1. The van der Waals surface area contributed by atoms with Gasteiger partial charge in [-0.05, 0) is 58.9 Å². The molecule has 5 rings (SSSR count). The highest BCUT2D eigenvalue weighted by molar-refractivity contribution is 7.92. The monoisotopic (exact) mass is 859 g/mol. The van der Waals surface area contributed by atoms with Crippen LogP contribution in [0, 0.1) is 0 Å². The van der Waals surface area contributed by atoms with E-state index in [4.69, 9.17) is 38.3 Å². The minimum atomic E-state index is -4.68. The largest absolute Gasteiger partial charge is 0.510 e. The summed E-state index contributed by atoms with van der Waals surface area (Å²) in [6.07, 6.45) is 2.49. The van der Waals surface area contributed by atoms with Gasteiger partial charge in [0.1, 0.15) is 19.8 Å². The van der Waals surface area contributed by atoms with Crippen LogP contribution in [0.25, 0.3) is 11.6 Å². The van der Waals surface area contributed by atoms with Gasteiger partial charge in [-0.3, -0.25) is 4.79 Å². The SMILES string of the molecule is CCc1cccc(CC(=O)OCCOc2nc(-c3ncccn3)nc(N(COC(=O)OCCOCCO)S(=O)(=O)c3ccc(C(C)(C)C)cc3)c2Oc2ccccc2OC)c1. The van der Waals surface area contributed by atoms with E-state index in [1.807, 2.05) is 52.0 Å². The van der Waals surface area contributed by atoms with E-state index in [2.05, 4.69) is 19.9 Å². The van der Waals surface area contributed by atoms with Crippen molar-refractivity contribution in [2.45, 2.75) is 50.8 Å².